The molecule has 10 heteroatoms. The lowest BCUT2D eigenvalue weighted by Crippen LogP contribution is -2.43. The van der Waals surface area contributed by atoms with Crippen molar-refractivity contribution >= 4 is 17.6 Å². The first-order valence-electron chi connectivity index (χ1n) is 14.3. The quantitative estimate of drug-likeness (QED) is 0.301. The Bertz CT molecular complexity index is 1170. The lowest BCUT2D eigenvalue weighted by atomic mass is 9.82. The summed E-state index contributed by atoms with van der Waals surface area (Å²) in [5.74, 6) is 0.658. The fraction of sp³-hybridized carbons (Fsp3) is 0.600. The fourth-order valence-corrected chi connectivity index (χ4v) is 5.34. The number of hydrogen-bond acceptors (Lipinski definition) is 9. The van der Waals surface area contributed by atoms with Crippen LogP contribution < -0.4 is 16.0 Å². The number of pyridine rings is 2. The molecule has 10 nitrogen and oxygen atoms in total. The van der Waals surface area contributed by atoms with Crippen LogP contribution in [0.1, 0.15) is 57.9 Å². The lowest BCUT2D eigenvalue weighted by molar-refractivity contribution is -0.149. The SMILES string of the molecule is Cc1cnc(NC2CCC(N[C@H](C)CO[C@H](C)C(=O)O)CC2)cc1-c1cccc(NCC2(C#N)CCOCC2)n1. The van der Waals surface area contributed by atoms with Crippen molar-refractivity contribution in [3.8, 4) is 17.3 Å². The average molecular weight is 551 g/mol. The average Bonchev–Trinajstić information content (AvgIpc) is 2.97. The highest BCUT2D eigenvalue weighted by atomic mass is 16.5. The summed E-state index contributed by atoms with van der Waals surface area (Å²) in [5, 5.41) is 29.3. The largest absolute Gasteiger partial charge is 0.479 e. The minimum Gasteiger partial charge on any atom is -0.479 e. The standard InChI is InChI=1S/C30H42N6O4/c1-20-16-32-28(35-24-9-7-23(8-10-24)34-21(2)17-40-22(3)29(37)38)15-25(20)26-5-4-6-27(36-26)33-19-30(18-31)11-13-39-14-12-30/h4-6,15-16,21-24,34H,7-14,17,19H2,1-3H3,(H,32,35)(H,33,36)(H,37,38)/t21-,22-,23?,24?/m1/s1. The summed E-state index contributed by atoms with van der Waals surface area (Å²) in [5.41, 5.74) is 2.53. The first kappa shape index (κ1) is 29.7. The predicted molar refractivity (Wildman–Crippen MR) is 154 cm³/mol. The van der Waals surface area contributed by atoms with Crippen molar-refractivity contribution in [2.75, 3.05) is 37.0 Å². The van der Waals surface area contributed by atoms with E-state index >= 15 is 0 Å². The molecule has 1 aliphatic heterocycles. The van der Waals surface area contributed by atoms with Crippen molar-refractivity contribution < 1.29 is 19.4 Å². The van der Waals surface area contributed by atoms with Crippen LogP contribution in [-0.4, -0.2) is 71.6 Å². The van der Waals surface area contributed by atoms with Gasteiger partial charge < -0.3 is 30.5 Å². The molecule has 1 saturated heterocycles. The van der Waals surface area contributed by atoms with Crippen LogP contribution in [0.3, 0.4) is 0 Å². The molecule has 2 fully saturated rings. The molecule has 1 saturated carbocycles. The van der Waals surface area contributed by atoms with Gasteiger partial charge >= 0.3 is 5.97 Å². The van der Waals surface area contributed by atoms with E-state index in [9.17, 15) is 10.1 Å². The van der Waals surface area contributed by atoms with E-state index in [2.05, 4.69) is 33.1 Å². The third-order valence-electron chi connectivity index (χ3n) is 7.97. The third kappa shape index (κ3) is 8.13. The van der Waals surface area contributed by atoms with Gasteiger partial charge in [0.15, 0.2) is 6.10 Å². The second-order valence-electron chi connectivity index (χ2n) is 11.2. The van der Waals surface area contributed by atoms with Gasteiger partial charge in [-0.1, -0.05) is 6.07 Å². The number of nitrogens with zero attached hydrogens (tertiary/aromatic N) is 3. The van der Waals surface area contributed by atoms with Gasteiger partial charge in [0.25, 0.3) is 0 Å². The molecule has 1 aliphatic carbocycles. The van der Waals surface area contributed by atoms with Crippen LogP contribution in [0.5, 0.6) is 0 Å². The summed E-state index contributed by atoms with van der Waals surface area (Å²) < 4.78 is 10.9. The number of nitriles is 1. The molecule has 2 aromatic heterocycles. The molecule has 216 valence electrons. The fourth-order valence-electron chi connectivity index (χ4n) is 5.34. The maximum Gasteiger partial charge on any atom is 0.332 e. The Morgan fingerprint density at radius 2 is 1.93 bits per heavy atom. The number of aliphatic carboxylic acids is 1. The van der Waals surface area contributed by atoms with Gasteiger partial charge in [-0.25, -0.2) is 14.8 Å². The smallest absolute Gasteiger partial charge is 0.332 e. The summed E-state index contributed by atoms with van der Waals surface area (Å²) in [6.07, 6.45) is 6.65. The number of carboxylic acid groups (broad SMARTS) is 1. The Morgan fingerprint density at radius 1 is 1.20 bits per heavy atom. The highest BCUT2D eigenvalue weighted by molar-refractivity contribution is 5.71. The number of carboxylic acids is 1. The first-order chi connectivity index (χ1) is 19.3. The molecule has 4 N–H and O–H groups in total. The summed E-state index contributed by atoms with van der Waals surface area (Å²) in [6.45, 7) is 7.79. The van der Waals surface area contributed by atoms with Gasteiger partial charge in [-0.2, -0.15) is 5.26 Å². The number of aromatic nitrogens is 2. The molecule has 0 unspecified atom stereocenters. The molecule has 0 amide bonds. The monoisotopic (exact) mass is 550 g/mol. The Labute approximate surface area is 236 Å². The van der Waals surface area contributed by atoms with Gasteiger partial charge in [0.1, 0.15) is 11.6 Å². The normalized spacial score (nSPS) is 22.1. The van der Waals surface area contributed by atoms with E-state index in [4.69, 9.17) is 19.6 Å². The molecule has 40 heavy (non-hydrogen) atoms. The van der Waals surface area contributed by atoms with E-state index in [-0.39, 0.29) is 6.04 Å². The minimum absolute atomic E-state index is 0.0949. The van der Waals surface area contributed by atoms with Gasteiger partial charge in [-0.3, -0.25) is 0 Å². The minimum atomic E-state index is -0.939. The van der Waals surface area contributed by atoms with Gasteiger partial charge in [-0.15, -0.1) is 0 Å². The van der Waals surface area contributed by atoms with Crippen molar-refractivity contribution in [2.24, 2.45) is 5.41 Å². The van der Waals surface area contributed by atoms with E-state index in [1.54, 1.807) is 6.92 Å². The predicted octanol–water partition coefficient (Wildman–Crippen LogP) is 4.38. The zero-order valence-corrected chi connectivity index (χ0v) is 23.8. The number of nitrogens with one attached hydrogen (secondary N) is 3. The van der Waals surface area contributed by atoms with Crippen LogP contribution in [0.4, 0.5) is 11.6 Å². The number of ether oxygens (including phenoxy) is 2. The van der Waals surface area contributed by atoms with Gasteiger partial charge in [0, 0.05) is 49.6 Å². The molecule has 0 spiro atoms. The van der Waals surface area contributed by atoms with Crippen LogP contribution in [0.15, 0.2) is 30.5 Å². The summed E-state index contributed by atoms with van der Waals surface area (Å²) in [4.78, 5) is 20.4. The zero-order chi connectivity index (χ0) is 28.5. The zero-order valence-electron chi connectivity index (χ0n) is 23.8. The number of aryl methyl sites for hydroxylation is 1. The topological polar surface area (TPSA) is 141 Å². The molecule has 2 aliphatic rings. The van der Waals surface area contributed by atoms with Crippen LogP contribution in [0.2, 0.25) is 0 Å². The Kier molecular flexibility index (Phi) is 10.3. The number of anilines is 2. The number of rotatable bonds is 12. The van der Waals surface area contributed by atoms with Crippen molar-refractivity contribution in [1.29, 1.82) is 5.26 Å². The van der Waals surface area contributed by atoms with Gasteiger partial charge in [0.2, 0.25) is 0 Å². The van der Waals surface area contributed by atoms with E-state index in [1.165, 1.54) is 0 Å². The van der Waals surface area contributed by atoms with Crippen LogP contribution in [0, 0.1) is 23.7 Å². The third-order valence-corrected chi connectivity index (χ3v) is 7.97. The van der Waals surface area contributed by atoms with Crippen molar-refractivity contribution in [3.05, 3.63) is 36.0 Å². The van der Waals surface area contributed by atoms with Gasteiger partial charge in [-0.05, 0) is 83.1 Å². The van der Waals surface area contributed by atoms with Crippen LogP contribution >= 0.6 is 0 Å². The summed E-state index contributed by atoms with van der Waals surface area (Å²) in [7, 11) is 0. The Morgan fingerprint density at radius 3 is 2.62 bits per heavy atom. The van der Waals surface area contributed by atoms with Crippen LogP contribution in [-0.2, 0) is 14.3 Å². The van der Waals surface area contributed by atoms with Crippen molar-refractivity contribution in [2.45, 2.75) is 83.5 Å². The van der Waals surface area contributed by atoms with Crippen molar-refractivity contribution in [1.82, 2.24) is 15.3 Å². The maximum absolute atomic E-state index is 10.9. The maximum atomic E-state index is 10.9. The van der Waals surface area contributed by atoms with E-state index in [1.807, 2.05) is 38.2 Å². The molecular weight excluding hydrogens is 508 g/mol. The molecule has 0 radical (unpaired) electrons. The molecule has 3 heterocycles. The molecule has 0 aromatic carbocycles. The lowest BCUT2D eigenvalue weighted by Gasteiger charge is -2.32. The first-order valence-corrected chi connectivity index (χ1v) is 14.3. The molecule has 2 aromatic rings. The van der Waals surface area contributed by atoms with E-state index in [0.29, 0.717) is 38.4 Å². The number of hydrogen-bond donors (Lipinski definition) is 4. The highest BCUT2D eigenvalue weighted by Gasteiger charge is 2.32. The Balaban J connectivity index is 1.31. The van der Waals surface area contributed by atoms with Crippen LogP contribution in [0.25, 0.3) is 11.3 Å². The second kappa shape index (κ2) is 13.9. The number of carbonyl (C=O) groups is 1. The van der Waals surface area contributed by atoms with E-state index < -0.39 is 17.5 Å². The molecule has 4 rings (SSSR count). The summed E-state index contributed by atoms with van der Waals surface area (Å²) >= 11 is 0. The second-order valence-corrected chi connectivity index (χ2v) is 11.2. The highest BCUT2D eigenvalue weighted by Crippen LogP contribution is 2.31. The van der Waals surface area contributed by atoms with Gasteiger partial charge in [0.05, 0.1) is 23.8 Å². The molecule has 2 atom stereocenters. The van der Waals surface area contributed by atoms with E-state index in [0.717, 1.165) is 67.0 Å². The van der Waals surface area contributed by atoms with Crippen molar-refractivity contribution in [3.63, 3.8) is 0 Å². The molecule has 0 bridgehead atoms. The summed E-state index contributed by atoms with van der Waals surface area (Å²) in [6, 6.07) is 11.3. The Hall–Kier alpha value is -3.26. The molecular formula is C30H42N6O4.